The topological polar surface area (TPSA) is 103 Å². The molecule has 0 radical (unpaired) electrons. The van der Waals surface area contributed by atoms with Crippen LogP contribution in [0.2, 0.25) is 0 Å². The van der Waals surface area contributed by atoms with Gasteiger partial charge in [0.2, 0.25) is 11.8 Å². The number of rotatable bonds is 7. The zero-order valence-electron chi connectivity index (χ0n) is 22.2. The van der Waals surface area contributed by atoms with Gasteiger partial charge < -0.3 is 24.5 Å². The van der Waals surface area contributed by atoms with Gasteiger partial charge in [-0.15, -0.1) is 0 Å². The standard InChI is InChI=1S/C28H36N4O5/c1-17-14-32(18(2)16-33)28(36)23-12-22(19-6-8-20(9-7-19)26(34)30(3)4)13-29-25(23)37-24(17)15-31(5)27(35)21-10-11-21/h6-9,12-13,17-18,21,24,33H,10-11,14-16H2,1-5H3/t17-,18+,24+/m0/s1. The smallest absolute Gasteiger partial charge is 0.259 e. The lowest BCUT2D eigenvalue weighted by Crippen LogP contribution is -2.50. The number of nitrogens with zero attached hydrogens (tertiary/aromatic N) is 4. The molecule has 1 saturated carbocycles. The maximum absolute atomic E-state index is 13.7. The summed E-state index contributed by atoms with van der Waals surface area (Å²) in [6.07, 6.45) is 3.13. The molecule has 1 aromatic carbocycles. The quantitative estimate of drug-likeness (QED) is 0.617. The van der Waals surface area contributed by atoms with Crippen LogP contribution < -0.4 is 4.74 Å². The molecule has 37 heavy (non-hydrogen) atoms. The Hall–Kier alpha value is -3.46. The zero-order chi connectivity index (χ0) is 26.9. The van der Waals surface area contributed by atoms with E-state index in [1.54, 1.807) is 55.3 Å². The first kappa shape index (κ1) is 26.6. The van der Waals surface area contributed by atoms with Crippen LogP contribution in [-0.2, 0) is 4.79 Å². The summed E-state index contributed by atoms with van der Waals surface area (Å²) >= 11 is 0. The summed E-state index contributed by atoms with van der Waals surface area (Å²) in [4.78, 5) is 47.9. The highest BCUT2D eigenvalue weighted by molar-refractivity contribution is 5.98. The molecule has 9 nitrogen and oxygen atoms in total. The van der Waals surface area contributed by atoms with E-state index >= 15 is 0 Å². The Labute approximate surface area is 218 Å². The van der Waals surface area contributed by atoms with Gasteiger partial charge >= 0.3 is 0 Å². The Bertz CT molecular complexity index is 1160. The van der Waals surface area contributed by atoms with Gasteiger partial charge in [-0.3, -0.25) is 14.4 Å². The number of ether oxygens (including phenoxy) is 1. The fourth-order valence-corrected chi connectivity index (χ4v) is 4.54. The summed E-state index contributed by atoms with van der Waals surface area (Å²) in [6, 6.07) is 8.50. The zero-order valence-corrected chi connectivity index (χ0v) is 22.2. The van der Waals surface area contributed by atoms with Gasteiger partial charge in [-0.05, 0) is 43.5 Å². The highest BCUT2D eigenvalue weighted by Gasteiger charge is 2.37. The highest BCUT2D eigenvalue weighted by atomic mass is 16.5. The first-order chi connectivity index (χ1) is 17.6. The number of likely N-dealkylation sites (N-methyl/N-ethyl adjacent to an activating group) is 1. The average Bonchev–Trinajstić information content (AvgIpc) is 3.74. The van der Waals surface area contributed by atoms with Crippen LogP contribution >= 0.6 is 0 Å². The number of pyridine rings is 1. The number of carbonyl (C=O) groups is 3. The molecule has 1 aromatic heterocycles. The molecule has 9 heteroatoms. The van der Waals surface area contributed by atoms with Crippen molar-refractivity contribution in [1.29, 1.82) is 0 Å². The van der Waals surface area contributed by atoms with E-state index in [2.05, 4.69) is 4.98 Å². The van der Waals surface area contributed by atoms with Gasteiger partial charge in [-0.25, -0.2) is 4.98 Å². The van der Waals surface area contributed by atoms with Crippen LogP contribution in [0.15, 0.2) is 36.5 Å². The molecule has 0 saturated heterocycles. The molecule has 2 heterocycles. The van der Waals surface area contributed by atoms with E-state index in [-0.39, 0.29) is 48.1 Å². The molecule has 198 valence electrons. The lowest BCUT2D eigenvalue weighted by molar-refractivity contribution is -0.132. The minimum absolute atomic E-state index is 0.0923. The first-order valence-electron chi connectivity index (χ1n) is 12.8. The Kier molecular flexibility index (Phi) is 7.82. The van der Waals surface area contributed by atoms with Crippen LogP contribution in [0, 0.1) is 11.8 Å². The number of aromatic nitrogens is 1. The summed E-state index contributed by atoms with van der Waals surface area (Å²) in [7, 11) is 5.19. The Morgan fingerprint density at radius 1 is 1.16 bits per heavy atom. The summed E-state index contributed by atoms with van der Waals surface area (Å²) in [5, 5.41) is 9.87. The largest absolute Gasteiger partial charge is 0.472 e. The predicted molar refractivity (Wildman–Crippen MR) is 139 cm³/mol. The monoisotopic (exact) mass is 508 g/mol. The van der Waals surface area contributed by atoms with Crippen molar-refractivity contribution < 1.29 is 24.2 Å². The molecule has 0 bridgehead atoms. The SMILES string of the molecule is C[C@H](CO)N1C[C@H](C)[C@@H](CN(C)C(=O)C2CC2)Oc2ncc(-c3ccc(C(=O)N(C)C)cc3)cc2C1=O. The Morgan fingerprint density at radius 3 is 2.43 bits per heavy atom. The number of aliphatic hydroxyl groups excluding tert-OH is 1. The minimum Gasteiger partial charge on any atom is -0.472 e. The molecule has 0 spiro atoms. The lowest BCUT2D eigenvalue weighted by atomic mass is 9.98. The van der Waals surface area contributed by atoms with Gasteiger partial charge in [-0.1, -0.05) is 19.1 Å². The summed E-state index contributed by atoms with van der Waals surface area (Å²) in [6.45, 7) is 4.38. The van der Waals surface area contributed by atoms with Gasteiger partial charge in [0.05, 0.1) is 19.2 Å². The number of benzene rings is 1. The normalized spacial score (nSPS) is 20.3. The second kappa shape index (κ2) is 10.9. The predicted octanol–water partition coefficient (Wildman–Crippen LogP) is 2.54. The highest BCUT2D eigenvalue weighted by Crippen LogP contribution is 2.33. The van der Waals surface area contributed by atoms with Crippen LogP contribution in [-0.4, -0.2) is 95.5 Å². The Balaban J connectivity index is 1.67. The van der Waals surface area contributed by atoms with Crippen LogP contribution in [0.3, 0.4) is 0 Å². The molecule has 3 atom stereocenters. The third kappa shape index (κ3) is 5.77. The Morgan fingerprint density at radius 2 is 1.84 bits per heavy atom. The van der Waals surface area contributed by atoms with Crippen LogP contribution in [0.5, 0.6) is 5.88 Å². The van der Waals surface area contributed by atoms with Gasteiger partial charge in [-0.2, -0.15) is 0 Å². The first-order valence-corrected chi connectivity index (χ1v) is 12.8. The number of amides is 3. The van der Waals surface area contributed by atoms with Crippen molar-refractivity contribution in [2.75, 3.05) is 40.8 Å². The number of hydrogen-bond donors (Lipinski definition) is 1. The molecule has 1 N–H and O–H groups in total. The number of carbonyl (C=O) groups excluding carboxylic acids is 3. The third-order valence-corrected chi connectivity index (χ3v) is 7.15. The molecular weight excluding hydrogens is 472 g/mol. The molecular formula is C28H36N4O5. The van der Waals surface area contributed by atoms with Gasteiger partial charge in [0.15, 0.2) is 0 Å². The van der Waals surface area contributed by atoms with Crippen LogP contribution in [0.25, 0.3) is 11.1 Å². The third-order valence-electron chi connectivity index (χ3n) is 7.15. The van der Waals surface area contributed by atoms with Crippen molar-refractivity contribution in [2.45, 2.75) is 38.8 Å². The molecule has 4 rings (SSSR count). The van der Waals surface area contributed by atoms with E-state index in [0.717, 1.165) is 18.4 Å². The summed E-state index contributed by atoms with van der Waals surface area (Å²) < 4.78 is 6.30. The fraction of sp³-hybridized carbons (Fsp3) is 0.500. The van der Waals surface area contributed by atoms with Crippen molar-refractivity contribution in [2.24, 2.45) is 11.8 Å². The second-order valence-corrected chi connectivity index (χ2v) is 10.5. The molecule has 1 aliphatic carbocycles. The molecule has 2 aromatic rings. The van der Waals surface area contributed by atoms with Crippen molar-refractivity contribution in [3.05, 3.63) is 47.7 Å². The van der Waals surface area contributed by atoms with E-state index < -0.39 is 6.04 Å². The average molecular weight is 509 g/mol. The summed E-state index contributed by atoms with van der Waals surface area (Å²) in [5.41, 5.74) is 2.39. The van der Waals surface area contributed by atoms with Crippen molar-refractivity contribution in [3.63, 3.8) is 0 Å². The number of aliphatic hydroxyl groups is 1. The van der Waals surface area contributed by atoms with Crippen molar-refractivity contribution >= 4 is 17.7 Å². The van der Waals surface area contributed by atoms with Crippen molar-refractivity contribution in [1.82, 2.24) is 19.7 Å². The molecule has 1 aliphatic heterocycles. The van der Waals surface area contributed by atoms with Gasteiger partial charge in [0, 0.05) is 56.8 Å². The lowest BCUT2D eigenvalue weighted by Gasteiger charge is -2.37. The minimum atomic E-state index is -0.396. The van der Waals surface area contributed by atoms with E-state index in [1.807, 2.05) is 26.0 Å². The second-order valence-electron chi connectivity index (χ2n) is 10.5. The van der Waals surface area contributed by atoms with E-state index in [4.69, 9.17) is 4.74 Å². The maximum Gasteiger partial charge on any atom is 0.259 e. The van der Waals surface area contributed by atoms with Crippen LogP contribution in [0.1, 0.15) is 47.4 Å². The molecule has 0 unspecified atom stereocenters. The molecule has 2 aliphatic rings. The fourth-order valence-electron chi connectivity index (χ4n) is 4.54. The number of hydrogen-bond acceptors (Lipinski definition) is 6. The molecule has 1 fully saturated rings. The van der Waals surface area contributed by atoms with Crippen molar-refractivity contribution in [3.8, 4) is 17.0 Å². The van der Waals surface area contributed by atoms with E-state index in [1.165, 1.54) is 4.90 Å². The summed E-state index contributed by atoms with van der Waals surface area (Å²) in [5.74, 6) is -0.0118. The van der Waals surface area contributed by atoms with E-state index in [0.29, 0.717) is 29.8 Å². The van der Waals surface area contributed by atoms with Gasteiger partial charge in [0.1, 0.15) is 11.7 Å². The number of fused-ring (bicyclic) bond motifs is 1. The maximum atomic E-state index is 13.7. The van der Waals surface area contributed by atoms with Gasteiger partial charge in [0.25, 0.3) is 11.8 Å². The van der Waals surface area contributed by atoms with E-state index in [9.17, 15) is 19.5 Å². The van der Waals surface area contributed by atoms with Crippen LogP contribution in [0.4, 0.5) is 0 Å². The molecule has 3 amide bonds.